The lowest BCUT2D eigenvalue weighted by Gasteiger charge is -2.34. The van der Waals surface area contributed by atoms with Crippen molar-refractivity contribution in [2.75, 3.05) is 24.2 Å². The fraction of sp³-hybridized carbons (Fsp3) is 0.409. The standard InChI is InChI=1S/C22H28IN7/c1-13-10-18(14(2)9-16(13)19-7-5-6-8-30(19)4)25-22-24-12-17(23)21(27-22)26-20-11-15(3)28-29-20/h9-12,19H,5-8H2,1-4H3,(H3,24,25,26,27,28,29)/t19-/m0/s1. The van der Waals surface area contributed by atoms with Crippen LogP contribution in [-0.4, -0.2) is 38.7 Å². The number of nitrogens with zero attached hydrogens (tertiary/aromatic N) is 4. The molecule has 0 unspecified atom stereocenters. The second kappa shape index (κ2) is 8.89. The van der Waals surface area contributed by atoms with Crippen LogP contribution in [0, 0.1) is 24.3 Å². The fourth-order valence-corrected chi connectivity index (χ4v) is 4.43. The van der Waals surface area contributed by atoms with E-state index < -0.39 is 0 Å². The molecule has 0 aliphatic carbocycles. The number of anilines is 4. The van der Waals surface area contributed by atoms with Gasteiger partial charge in [0.05, 0.1) is 3.57 Å². The zero-order valence-corrected chi connectivity index (χ0v) is 20.0. The van der Waals surface area contributed by atoms with Crippen LogP contribution in [0.1, 0.15) is 47.7 Å². The Morgan fingerprint density at radius 3 is 2.67 bits per heavy atom. The number of H-pyrrole nitrogens is 1. The van der Waals surface area contributed by atoms with Crippen LogP contribution in [0.4, 0.5) is 23.3 Å². The monoisotopic (exact) mass is 517 g/mol. The molecule has 1 fully saturated rings. The number of benzene rings is 1. The van der Waals surface area contributed by atoms with Crippen LogP contribution in [0.25, 0.3) is 0 Å². The molecule has 30 heavy (non-hydrogen) atoms. The fourth-order valence-electron chi connectivity index (χ4n) is 4.04. The van der Waals surface area contributed by atoms with Crippen molar-refractivity contribution in [1.82, 2.24) is 25.1 Å². The summed E-state index contributed by atoms with van der Waals surface area (Å²) in [5, 5.41) is 13.8. The second-order valence-electron chi connectivity index (χ2n) is 8.09. The molecule has 7 nitrogen and oxygen atoms in total. The molecule has 1 aliphatic rings. The van der Waals surface area contributed by atoms with E-state index in [0.29, 0.717) is 12.0 Å². The number of hydrogen-bond donors (Lipinski definition) is 3. The molecule has 0 saturated carbocycles. The largest absolute Gasteiger partial charge is 0.324 e. The molecule has 2 aromatic heterocycles. The zero-order valence-electron chi connectivity index (χ0n) is 17.9. The number of aromatic amines is 1. The molecule has 158 valence electrons. The van der Waals surface area contributed by atoms with Crippen LogP contribution in [0.2, 0.25) is 0 Å². The Bertz CT molecular complexity index is 1050. The number of nitrogens with one attached hydrogen (secondary N) is 3. The second-order valence-corrected chi connectivity index (χ2v) is 9.25. The molecule has 1 saturated heterocycles. The summed E-state index contributed by atoms with van der Waals surface area (Å²) < 4.78 is 0.933. The van der Waals surface area contributed by atoms with Gasteiger partial charge in [0.2, 0.25) is 5.95 Å². The summed E-state index contributed by atoms with van der Waals surface area (Å²) in [5.74, 6) is 2.03. The van der Waals surface area contributed by atoms with Gasteiger partial charge < -0.3 is 10.6 Å². The Balaban J connectivity index is 1.56. The lowest BCUT2D eigenvalue weighted by atomic mass is 9.91. The number of likely N-dealkylation sites (tertiary alicyclic amines) is 1. The first-order chi connectivity index (χ1) is 14.4. The van der Waals surface area contributed by atoms with Crippen molar-refractivity contribution in [3.05, 3.63) is 50.4 Å². The Hall–Kier alpha value is -2.20. The van der Waals surface area contributed by atoms with Crippen molar-refractivity contribution >= 4 is 45.9 Å². The molecular weight excluding hydrogens is 489 g/mol. The van der Waals surface area contributed by atoms with Gasteiger partial charge in [-0.3, -0.25) is 10.00 Å². The Morgan fingerprint density at radius 2 is 1.93 bits per heavy atom. The number of piperidine rings is 1. The van der Waals surface area contributed by atoms with Gasteiger partial charge in [-0.05, 0) is 92.6 Å². The lowest BCUT2D eigenvalue weighted by Crippen LogP contribution is -2.30. The maximum Gasteiger partial charge on any atom is 0.229 e. The van der Waals surface area contributed by atoms with Crippen LogP contribution in [-0.2, 0) is 0 Å². The zero-order chi connectivity index (χ0) is 21.3. The van der Waals surface area contributed by atoms with Gasteiger partial charge in [0.1, 0.15) is 0 Å². The van der Waals surface area contributed by atoms with Crippen molar-refractivity contribution in [3.63, 3.8) is 0 Å². The summed E-state index contributed by atoms with van der Waals surface area (Å²) in [6, 6.07) is 7.00. The number of aromatic nitrogens is 4. The summed E-state index contributed by atoms with van der Waals surface area (Å²) in [5.41, 5.74) is 5.97. The third-order valence-electron chi connectivity index (χ3n) is 5.69. The summed E-state index contributed by atoms with van der Waals surface area (Å²) in [7, 11) is 2.24. The van der Waals surface area contributed by atoms with E-state index in [9.17, 15) is 0 Å². The van der Waals surface area contributed by atoms with Crippen LogP contribution in [0.15, 0.2) is 24.4 Å². The van der Waals surface area contributed by atoms with Crippen LogP contribution in [0.5, 0.6) is 0 Å². The molecule has 3 heterocycles. The number of hydrogen-bond acceptors (Lipinski definition) is 6. The minimum absolute atomic E-state index is 0.508. The predicted octanol–water partition coefficient (Wildman–Crippen LogP) is 5.37. The topological polar surface area (TPSA) is 81.8 Å². The normalized spacial score (nSPS) is 17.2. The van der Waals surface area contributed by atoms with Crippen LogP contribution in [0.3, 0.4) is 0 Å². The summed E-state index contributed by atoms with van der Waals surface area (Å²) in [6.07, 6.45) is 5.63. The van der Waals surface area contributed by atoms with Crippen molar-refractivity contribution in [3.8, 4) is 0 Å². The molecule has 1 aliphatic heterocycles. The van der Waals surface area contributed by atoms with Crippen molar-refractivity contribution in [1.29, 1.82) is 0 Å². The molecule has 0 bridgehead atoms. The van der Waals surface area contributed by atoms with Crippen LogP contribution >= 0.6 is 22.6 Å². The molecule has 3 aromatic rings. The van der Waals surface area contributed by atoms with Gasteiger partial charge in [-0.15, -0.1) is 0 Å². The minimum atomic E-state index is 0.508. The minimum Gasteiger partial charge on any atom is -0.324 e. The van der Waals surface area contributed by atoms with E-state index in [-0.39, 0.29) is 0 Å². The molecule has 4 rings (SSSR count). The highest BCUT2D eigenvalue weighted by atomic mass is 127. The maximum atomic E-state index is 4.66. The maximum absolute atomic E-state index is 4.66. The van der Waals surface area contributed by atoms with Gasteiger partial charge in [0.15, 0.2) is 11.6 Å². The van der Waals surface area contributed by atoms with E-state index in [1.165, 1.54) is 42.5 Å². The molecule has 3 N–H and O–H groups in total. The highest BCUT2D eigenvalue weighted by molar-refractivity contribution is 14.1. The smallest absolute Gasteiger partial charge is 0.229 e. The molecular formula is C22H28IN7. The molecule has 1 atom stereocenters. The van der Waals surface area contributed by atoms with E-state index in [2.05, 4.69) is 91.3 Å². The molecule has 0 spiro atoms. The van der Waals surface area contributed by atoms with E-state index in [1.807, 2.05) is 19.2 Å². The van der Waals surface area contributed by atoms with Crippen molar-refractivity contribution in [2.24, 2.45) is 0 Å². The Kier molecular flexibility index (Phi) is 6.24. The SMILES string of the molecule is Cc1cc(Nc2nc(Nc3cc(C)c([C@@H]4CCCCN4C)cc3C)ncc2I)n[nH]1. The van der Waals surface area contributed by atoms with Gasteiger partial charge in [-0.1, -0.05) is 12.5 Å². The first kappa shape index (κ1) is 21.0. The first-order valence-electron chi connectivity index (χ1n) is 10.3. The quantitative estimate of drug-likeness (QED) is 0.395. The van der Waals surface area contributed by atoms with Gasteiger partial charge in [-0.25, -0.2) is 4.98 Å². The van der Waals surface area contributed by atoms with E-state index in [0.717, 1.165) is 26.6 Å². The Labute approximate surface area is 191 Å². The average Bonchev–Trinajstić information content (AvgIpc) is 3.12. The van der Waals surface area contributed by atoms with Gasteiger partial charge in [0.25, 0.3) is 0 Å². The highest BCUT2D eigenvalue weighted by Crippen LogP contribution is 2.34. The summed E-state index contributed by atoms with van der Waals surface area (Å²) in [6.45, 7) is 7.48. The van der Waals surface area contributed by atoms with E-state index >= 15 is 0 Å². The van der Waals surface area contributed by atoms with Crippen LogP contribution < -0.4 is 10.6 Å². The van der Waals surface area contributed by atoms with Gasteiger partial charge >= 0.3 is 0 Å². The lowest BCUT2D eigenvalue weighted by molar-refractivity contribution is 0.187. The molecule has 1 aromatic carbocycles. The molecule has 0 amide bonds. The third-order valence-corrected chi connectivity index (χ3v) is 6.47. The van der Waals surface area contributed by atoms with Gasteiger partial charge in [0, 0.05) is 29.7 Å². The number of halogens is 1. The van der Waals surface area contributed by atoms with Crippen molar-refractivity contribution < 1.29 is 0 Å². The molecule has 0 radical (unpaired) electrons. The summed E-state index contributed by atoms with van der Waals surface area (Å²) in [4.78, 5) is 11.6. The number of aryl methyl sites for hydroxylation is 3. The van der Waals surface area contributed by atoms with Gasteiger partial charge in [-0.2, -0.15) is 10.1 Å². The molecule has 8 heteroatoms. The predicted molar refractivity (Wildman–Crippen MR) is 130 cm³/mol. The third kappa shape index (κ3) is 4.59. The Morgan fingerprint density at radius 1 is 1.10 bits per heavy atom. The van der Waals surface area contributed by atoms with Crippen molar-refractivity contribution in [2.45, 2.75) is 46.1 Å². The highest BCUT2D eigenvalue weighted by Gasteiger charge is 2.23. The average molecular weight is 517 g/mol. The summed E-state index contributed by atoms with van der Waals surface area (Å²) >= 11 is 2.23. The van der Waals surface area contributed by atoms with E-state index in [4.69, 9.17) is 0 Å². The first-order valence-corrected chi connectivity index (χ1v) is 11.4. The number of rotatable bonds is 5. The van der Waals surface area contributed by atoms with E-state index in [1.54, 1.807) is 0 Å².